The van der Waals surface area contributed by atoms with Crippen molar-refractivity contribution in [1.82, 2.24) is 15.0 Å². The number of nitrogens with zero attached hydrogens (tertiary/aromatic N) is 3. The molecule has 1 saturated heterocycles. The van der Waals surface area contributed by atoms with Gasteiger partial charge in [-0.15, -0.1) is 5.10 Å². The number of aliphatic hydroxyl groups is 1. The van der Waals surface area contributed by atoms with E-state index < -0.39 is 6.10 Å². The van der Waals surface area contributed by atoms with Crippen molar-refractivity contribution < 1.29 is 9.84 Å². The van der Waals surface area contributed by atoms with Crippen molar-refractivity contribution in [3.63, 3.8) is 0 Å². The molecule has 0 spiro atoms. The van der Waals surface area contributed by atoms with Gasteiger partial charge in [0.2, 0.25) is 0 Å². The molecule has 17 heavy (non-hydrogen) atoms. The lowest BCUT2D eigenvalue weighted by molar-refractivity contribution is -0.0231. The summed E-state index contributed by atoms with van der Waals surface area (Å²) in [5.41, 5.74) is 0.626. The zero-order valence-corrected chi connectivity index (χ0v) is 10.8. The van der Waals surface area contributed by atoms with E-state index in [0.29, 0.717) is 18.7 Å². The van der Waals surface area contributed by atoms with E-state index in [0.717, 1.165) is 12.8 Å². The van der Waals surface area contributed by atoms with Crippen LogP contribution in [0.3, 0.4) is 0 Å². The minimum Gasteiger partial charge on any atom is -0.387 e. The van der Waals surface area contributed by atoms with Crippen LogP contribution in [-0.2, 0) is 11.3 Å². The van der Waals surface area contributed by atoms with E-state index in [-0.39, 0.29) is 11.7 Å². The van der Waals surface area contributed by atoms with Gasteiger partial charge in [0.15, 0.2) is 0 Å². The van der Waals surface area contributed by atoms with E-state index in [1.807, 2.05) is 13.1 Å². The number of rotatable bonds is 4. The van der Waals surface area contributed by atoms with Crippen molar-refractivity contribution in [2.75, 3.05) is 0 Å². The largest absolute Gasteiger partial charge is 0.387 e. The number of aliphatic hydroxyl groups excluding tert-OH is 1. The van der Waals surface area contributed by atoms with Crippen LogP contribution in [0.5, 0.6) is 0 Å². The Morgan fingerprint density at radius 1 is 1.65 bits per heavy atom. The molecule has 2 atom stereocenters. The van der Waals surface area contributed by atoms with Crippen molar-refractivity contribution in [1.29, 1.82) is 0 Å². The molecule has 1 aromatic rings. The van der Waals surface area contributed by atoms with Crippen molar-refractivity contribution in [2.45, 2.75) is 64.4 Å². The summed E-state index contributed by atoms with van der Waals surface area (Å²) in [6, 6.07) is 0. The highest BCUT2D eigenvalue weighted by Crippen LogP contribution is 2.30. The van der Waals surface area contributed by atoms with Crippen molar-refractivity contribution in [2.24, 2.45) is 0 Å². The van der Waals surface area contributed by atoms with E-state index >= 15 is 0 Å². The van der Waals surface area contributed by atoms with E-state index in [9.17, 15) is 5.11 Å². The summed E-state index contributed by atoms with van der Waals surface area (Å²) in [4.78, 5) is 0. The molecule has 2 unspecified atom stereocenters. The van der Waals surface area contributed by atoms with E-state index in [1.54, 1.807) is 4.68 Å². The lowest BCUT2D eigenvalue weighted by Crippen LogP contribution is -2.23. The molecule has 1 fully saturated rings. The van der Waals surface area contributed by atoms with Crippen LogP contribution in [0.25, 0.3) is 0 Å². The molecule has 0 aliphatic carbocycles. The molecule has 96 valence electrons. The Morgan fingerprint density at radius 3 is 3.00 bits per heavy atom. The Labute approximate surface area is 102 Å². The van der Waals surface area contributed by atoms with Gasteiger partial charge in [-0.3, -0.25) is 0 Å². The minimum atomic E-state index is -0.510. The van der Waals surface area contributed by atoms with Crippen molar-refractivity contribution in [3.8, 4) is 0 Å². The van der Waals surface area contributed by atoms with E-state index in [4.69, 9.17) is 4.74 Å². The Hall–Kier alpha value is -0.940. The van der Waals surface area contributed by atoms with Crippen LogP contribution in [0.4, 0.5) is 0 Å². The first-order valence-electron chi connectivity index (χ1n) is 6.26. The smallest absolute Gasteiger partial charge is 0.111 e. The van der Waals surface area contributed by atoms with Crippen LogP contribution >= 0.6 is 0 Å². The number of hydrogen-bond donors (Lipinski definition) is 1. The topological polar surface area (TPSA) is 60.2 Å². The van der Waals surface area contributed by atoms with Gasteiger partial charge in [0.25, 0.3) is 0 Å². The molecule has 1 N–H and O–H groups in total. The summed E-state index contributed by atoms with van der Waals surface area (Å²) >= 11 is 0. The Kier molecular flexibility index (Phi) is 3.49. The van der Waals surface area contributed by atoms with Gasteiger partial charge in [0.1, 0.15) is 5.69 Å². The van der Waals surface area contributed by atoms with Gasteiger partial charge in [-0.05, 0) is 33.1 Å². The summed E-state index contributed by atoms with van der Waals surface area (Å²) in [7, 11) is 0. The van der Waals surface area contributed by atoms with E-state index in [2.05, 4.69) is 24.2 Å². The quantitative estimate of drug-likeness (QED) is 0.868. The third-order valence-corrected chi connectivity index (χ3v) is 3.23. The second kappa shape index (κ2) is 4.74. The molecule has 1 aromatic heterocycles. The minimum absolute atomic E-state index is 0.0169. The van der Waals surface area contributed by atoms with Gasteiger partial charge in [-0.1, -0.05) is 12.1 Å². The van der Waals surface area contributed by atoms with Gasteiger partial charge >= 0.3 is 0 Å². The monoisotopic (exact) mass is 239 g/mol. The van der Waals surface area contributed by atoms with Crippen LogP contribution in [0.1, 0.15) is 51.8 Å². The summed E-state index contributed by atoms with van der Waals surface area (Å²) in [5.74, 6) is 0. The van der Waals surface area contributed by atoms with E-state index in [1.165, 1.54) is 0 Å². The lowest BCUT2D eigenvalue weighted by atomic mass is 10.1. The number of aromatic nitrogens is 3. The normalized spacial score (nSPS) is 25.1. The summed E-state index contributed by atoms with van der Waals surface area (Å²) in [5, 5.41) is 17.6. The fourth-order valence-electron chi connectivity index (χ4n) is 2.18. The van der Waals surface area contributed by atoms with Crippen LogP contribution in [0.15, 0.2) is 6.20 Å². The third-order valence-electron chi connectivity index (χ3n) is 3.23. The van der Waals surface area contributed by atoms with Crippen molar-refractivity contribution in [3.05, 3.63) is 11.9 Å². The average Bonchev–Trinajstić information content (AvgIpc) is 2.85. The molecule has 0 amide bonds. The molecule has 0 radical (unpaired) electrons. The Balaban J connectivity index is 1.94. The molecule has 1 aliphatic heterocycles. The predicted octanol–water partition coefficient (Wildman–Crippen LogP) is 1.68. The second-order valence-electron chi connectivity index (χ2n) is 5.33. The summed E-state index contributed by atoms with van der Waals surface area (Å²) in [6.07, 6.45) is 4.30. The Morgan fingerprint density at radius 2 is 2.41 bits per heavy atom. The van der Waals surface area contributed by atoms with Gasteiger partial charge < -0.3 is 9.84 Å². The molecule has 0 saturated carbocycles. The average molecular weight is 239 g/mol. The zero-order valence-electron chi connectivity index (χ0n) is 10.8. The number of hydrogen-bond acceptors (Lipinski definition) is 4. The highest BCUT2D eigenvalue weighted by molar-refractivity contribution is 4.97. The molecular formula is C12H21N3O2. The van der Waals surface area contributed by atoms with Gasteiger partial charge in [-0.25, -0.2) is 4.68 Å². The molecule has 2 heterocycles. The molecule has 5 heteroatoms. The molecule has 2 rings (SSSR count). The molecular weight excluding hydrogens is 218 g/mol. The maximum Gasteiger partial charge on any atom is 0.111 e. The van der Waals surface area contributed by atoms with Crippen LogP contribution in [0, 0.1) is 0 Å². The van der Waals surface area contributed by atoms with Gasteiger partial charge in [-0.2, -0.15) is 0 Å². The molecule has 5 nitrogen and oxygen atoms in total. The zero-order chi connectivity index (χ0) is 12.5. The highest BCUT2D eigenvalue weighted by Gasteiger charge is 2.31. The molecule has 1 aliphatic rings. The van der Waals surface area contributed by atoms with Gasteiger partial charge in [0.05, 0.1) is 30.6 Å². The first-order chi connectivity index (χ1) is 8.00. The second-order valence-corrected chi connectivity index (χ2v) is 5.33. The fraction of sp³-hybridized carbons (Fsp3) is 0.833. The highest BCUT2D eigenvalue weighted by atomic mass is 16.5. The number of ether oxygens (including phenoxy) is 1. The lowest BCUT2D eigenvalue weighted by Gasteiger charge is -2.18. The van der Waals surface area contributed by atoms with Gasteiger partial charge in [0, 0.05) is 0 Å². The summed E-state index contributed by atoms with van der Waals surface area (Å²) in [6.45, 7) is 6.86. The summed E-state index contributed by atoms with van der Waals surface area (Å²) < 4.78 is 7.66. The SMILES string of the molecule is CCC(O)c1cn(CC2CCC(C)(C)O2)nn1. The van der Waals surface area contributed by atoms with Crippen LogP contribution in [-0.4, -0.2) is 31.8 Å². The Bertz CT molecular complexity index is 376. The van der Waals surface area contributed by atoms with Crippen LogP contribution < -0.4 is 0 Å². The first kappa shape index (κ1) is 12.5. The third kappa shape index (κ3) is 3.04. The van der Waals surface area contributed by atoms with Crippen molar-refractivity contribution >= 4 is 0 Å². The van der Waals surface area contributed by atoms with Crippen LogP contribution in [0.2, 0.25) is 0 Å². The first-order valence-corrected chi connectivity index (χ1v) is 6.26. The molecule has 0 bridgehead atoms. The molecule has 0 aromatic carbocycles. The maximum absolute atomic E-state index is 9.64. The predicted molar refractivity (Wildman–Crippen MR) is 63.5 cm³/mol. The standard InChI is InChI=1S/C12H21N3O2/c1-4-11(16)10-8-15(14-13-10)7-9-5-6-12(2,3)17-9/h8-9,11,16H,4-7H2,1-3H3. The maximum atomic E-state index is 9.64. The fourth-order valence-corrected chi connectivity index (χ4v) is 2.18.